The van der Waals surface area contributed by atoms with Gasteiger partial charge < -0.3 is 16.2 Å². The largest absolute Gasteiger partial charge is 0.455 e. The van der Waals surface area contributed by atoms with Gasteiger partial charge in [0.25, 0.3) is 0 Å². The Morgan fingerprint density at radius 2 is 1.52 bits per heavy atom. The first-order chi connectivity index (χ1) is 11.1. The minimum Gasteiger partial charge on any atom is -0.455 e. The summed E-state index contributed by atoms with van der Waals surface area (Å²) in [5.41, 5.74) is 13.7. The van der Waals surface area contributed by atoms with Gasteiger partial charge in [-0.05, 0) is 42.5 Å². The molecular weight excluding hydrogens is 288 g/mol. The SMILES string of the molecule is Nc1cccc(C(=O)c2ccc(Oc3ccccc3)c(N)c2)c1. The number of benzene rings is 3. The van der Waals surface area contributed by atoms with Gasteiger partial charge in [0.1, 0.15) is 11.5 Å². The molecule has 4 heteroatoms. The molecule has 0 fully saturated rings. The van der Waals surface area contributed by atoms with Crippen molar-refractivity contribution < 1.29 is 9.53 Å². The van der Waals surface area contributed by atoms with Gasteiger partial charge in [-0.2, -0.15) is 0 Å². The maximum Gasteiger partial charge on any atom is 0.193 e. The molecule has 0 saturated heterocycles. The standard InChI is InChI=1S/C19H16N2O2/c20-15-6-4-5-13(11-15)19(22)14-9-10-18(17(21)12-14)23-16-7-2-1-3-8-16/h1-12H,20-21H2. The molecule has 3 aromatic rings. The summed E-state index contributed by atoms with van der Waals surface area (Å²) in [6.07, 6.45) is 0. The van der Waals surface area contributed by atoms with Crippen molar-refractivity contribution in [3.05, 3.63) is 83.9 Å². The Balaban J connectivity index is 1.86. The lowest BCUT2D eigenvalue weighted by Gasteiger charge is -2.10. The van der Waals surface area contributed by atoms with Crippen LogP contribution >= 0.6 is 0 Å². The lowest BCUT2D eigenvalue weighted by atomic mass is 10.0. The molecule has 0 bridgehead atoms. The average Bonchev–Trinajstić information content (AvgIpc) is 2.57. The third kappa shape index (κ3) is 3.32. The number of carbonyl (C=O) groups excluding carboxylic acids is 1. The van der Waals surface area contributed by atoms with Crippen LogP contribution < -0.4 is 16.2 Å². The molecule has 0 spiro atoms. The number of ketones is 1. The number of rotatable bonds is 4. The highest BCUT2D eigenvalue weighted by atomic mass is 16.5. The van der Waals surface area contributed by atoms with Crippen molar-refractivity contribution in [2.75, 3.05) is 11.5 Å². The first-order valence-electron chi connectivity index (χ1n) is 7.16. The molecule has 0 atom stereocenters. The Bertz CT molecular complexity index is 845. The van der Waals surface area contributed by atoms with Crippen molar-refractivity contribution in [2.45, 2.75) is 0 Å². The average molecular weight is 304 g/mol. The monoisotopic (exact) mass is 304 g/mol. The molecule has 23 heavy (non-hydrogen) atoms. The predicted octanol–water partition coefficient (Wildman–Crippen LogP) is 3.87. The third-order valence-electron chi connectivity index (χ3n) is 3.39. The van der Waals surface area contributed by atoms with Crippen LogP contribution in [0.1, 0.15) is 15.9 Å². The molecule has 0 aliphatic heterocycles. The zero-order valence-corrected chi connectivity index (χ0v) is 12.4. The van der Waals surface area contributed by atoms with Crippen molar-refractivity contribution in [2.24, 2.45) is 0 Å². The minimum atomic E-state index is -0.129. The number of ether oxygens (including phenoxy) is 1. The van der Waals surface area contributed by atoms with E-state index in [0.717, 1.165) is 0 Å². The molecule has 114 valence electrons. The molecule has 0 aliphatic carbocycles. The van der Waals surface area contributed by atoms with Crippen LogP contribution in [-0.2, 0) is 0 Å². The van der Waals surface area contributed by atoms with E-state index < -0.39 is 0 Å². The summed E-state index contributed by atoms with van der Waals surface area (Å²) in [6, 6.07) is 21.2. The number of para-hydroxylation sites is 1. The Hall–Kier alpha value is -3.27. The van der Waals surface area contributed by atoms with E-state index in [-0.39, 0.29) is 5.78 Å². The summed E-state index contributed by atoms with van der Waals surface area (Å²) < 4.78 is 5.71. The van der Waals surface area contributed by atoms with Crippen LogP contribution in [0, 0.1) is 0 Å². The lowest BCUT2D eigenvalue weighted by Crippen LogP contribution is -2.03. The van der Waals surface area contributed by atoms with Gasteiger partial charge in [0, 0.05) is 16.8 Å². The highest BCUT2D eigenvalue weighted by Gasteiger charge is 2.12. The summed E-state index contributed by atoms with van der Waals surface area (Å²) in [5, 5.41) is 0. The van der Waals surface area contributed by atoms with Crippen LogP contribution in [0.15, 0.2) is 72.8 Å². The molecule has 0 aromatic heterocycles. The van der Waals surface area contributed by atoms with E-state index >= 15 is 0 Å². The van der Waals surface area contributed by atoms with E-state index in [1.165, 1.54) is 0 Å². The maximum atomic E-state index is 12.5. The molecule has 0 heterocycles. The van der Waals surface area contributed by atoms with Gasteiger partial charge >= 0.3 is 0 Å². The van der Waals surface area contributed by atoms with E-state index in [0.29, 0.717) is 34.0 Å². The maximum absolute atomic E-state index is 12.5. The van der Waals surface area contributed by atoms with Crippen LogP contribution in [0.25, 0.3) is 0 Å². The van der Waals surface area contributed by atoms with E-state index in [2.05, 4.69) is 0 Å². The summed E-state index contributed by atoms with van der Waals surface area (Å²) in [7, 11) is 0. The Morgan fingerprint density at radius 1 is 0.783 bits per heavy atom. The van der Waals surface area contributed by atoms with Crippen LogP contribution in [0.5, 0.6) is 11.5 Å². The van der Waals surface area contributed by atoms with Gasteiger partial charge in [0.15, 0.2) is 5.78 Å². The highest BCUT2D eigenvalue weighted by molar-refractivity contribution is 6.10. The molecule has 0 aliphatic rings. The van der Waals surface area contributed by atoms with Gasteiger partial charge in [-0.25, -0.2) is 0 Å². The Morgan fingerprint density at radius 3 is 2.22 bits per heavy atom. The topological polar surface area (TPSA) is 78.3 Å². The third-order valence-corrected chi connectivity index (χ3v) is 3.39. The summed E-state index contributed by atoms with van der Waals surface area (Å²) >= 11 is 0. The van der Waals surface area contributed by atoms with Gasteiger partial charge in [-0.15, -0.1) is 0 Å². The summed E-state index contributed by atoms with van der Waals surface area (Å²) in [6.45, 7) is 0. The van der Waals surface area contributed by atoms with Crippen LogP contribution in [-0.4, -0.2) is 5.78 Å². The van der Waals surface area contributed by atoms with Gasteiger partial charge in [-0.1, -0.05) is 30.3 Å². The first kappa shape index (κ1) is 14.7. The summed E-state index contributed by atoms with van der Waals surface area (Å²) in [5.74, 6) is 1.07. The normalized spacial score (nSPS) is 10.3. The van der Waals surface area contributed by atoms with Crippen LogP contribution in [0.3, 0.4) is 0 Å². The number of hydrogen-bond acceptors (Lipinski definition) is 4. The molecule has 4 N–H and O–H groups in total. The first-order valence-corrected chi connectivity index (χ1v) is 7.16. The molecule has 0 amide bonds. The van der Waals surface area contributed by atoms with Crippen molar-refractivity contribution in [3.8, 4) is 11.5 Å². The zero-order valence-electron chi connectivity index (χ0n) is 12.4. The highest BCUT2D eigenvalue weighted by Crippen LogP contribution is 2.28. The number of nitrogen functional groups attached to an aromatic ring is 2. The van der Waals surface area contributed by atoms with Crippen molar-refractivity contribution >= 4 is 17.2 Å². The number of anilines is 2. The molecule has 3 aromatic carbocycles. The number of nitrogens with two attached hydrogens (primary N) is 2. The lowest BCUT2D eigenvalue weighted by molar-refractivity contribution is 0.103. The quantitative estimate of drug-likeness (QED) is 0.566. The van der Waals surface area contributed by atoms with Gasteiger partial charge in [0.05, 0.1) is 5.69 Å². The Labute approximate surface area is 134 Å². The van der Waals surface area contributed by atoms with E-state index in [1.54, 1.807) is 42.5 Å². The molecule has 0 unspecified atom stereocenters. The molecule has 4 nitrogen and oxygen atoms in total. The minimum absolute atomic E-state index is 0.129. The molecule has 0 radical (unpaired) electrons. The van der Waals surface area contributed by atoms with E-state index in [1.807, 2.05) is 30.3 Å². The second-order valence-electron chi connectivity index (χ2n) is 5.12. The van der Waals surface area contributed by atoms with Crippen LogP contribution in [0.4, 0.5) is 11.4 Å². The van der Waals surface area contributed by atoms with Crippen LogP contribution in [0.2, 0.25) is 0 Å². The molecular formula is C19H16N2O2. The van der Waals surface area contributed by atoms with Crippen molar-refractivity contribution in [3.63, 3.8) is 0 Å². The summed E-state index contributed by atoms with van der Waals surface area (Å²) in [4.78, 5) is 12.5. The fourth-order valence-corrected chi connectivity index (χ4v) is 2.24. The molecule has 0 saturated carbocycles. The fraction of sp³-hybridized carbons (Fsp3) is 0. The second-order valence-corrected chi connectivity index (χ2v) is 5.12. The van der Waals surface area contributed by atoms with Crippen molar-refractivity contribution in [1.82, 2.24) is 0 Å². The fourth-order valence-electron chi connectivity index (χ4n) is 2.24. The Kier molecular flexibility index (Phi) is 3.97. The van der Waals surface area contributed by atoms with Gasteiger partial charge in [0.2, 0.25) is 0 Å². The van der Waals surface area contributed by atoms with Crippen molar-refractivity contribution in [1.29, 1.82) is 0 Å². The predicted molar refractivity (Wildman–Crippen MR) is 91.7 cm³/mol. The second kappa shape index (κ2) is 6.23. The van der Waals surface area contributed by atoms with E-state index in [9.17, 15) is 4.79 Å². The number of hydrogen-bond donors (Lipinski definition) is 2. The zero-order chi connectivity index (χ0) is 16.2. The molecule has 3 rings (SSSR count). The smallest absolute Gasteiger partial charge is 0.193 e. The van der Waals surface area contributed by atoms with E-state index in [4.69, 9.17) is 16.2 Å². The number of carbonyl (C=O) groups is 1. The van der Waals surface area contributed by atoms with Gasteiger partial charge in [-0.3, -0.25) is 4.79 Å².